The fourth-order valence-corrected chi connectivity index (χ4v) is 4.67. The summed E-state index contributed by atoms with van der Waals surface area (Å²) >= 11 is 6.19. The summed E-state index contributed by atoms with van der Waals surface area (Å²) in [5.74, 6) is -0.293. The number of hydrogen-bond donors (Lipinski definition) is 0. The van der Waals surface area contributed by atoms with Crippen molar-refractivity contribution in [3.63, 3.8) is 0 Å². The summed E-state index contributed by atoms with van der Waals surface area (Å²) < 4.78 is 31.3. The Hall–Kier alpha value is -2.00. The van der Waals surface area contributed by atoms with Crippen LogP contribution in [-0.4, -0.2) is 75.3 Å². The van der Waals surface area contributed by atoms with Crippen LogP contribution < -0.4 is 4.31 Å². The number of carbonyl (C=O) groups is 2. The van der Waals surface area contributed by atoms with Crippen LogP contribution in [0.1, 0.15) is 25.8 Å². The lowest BCUT2D eigenvalue weighted by Crippen LogP contribution is -2.56. The number of benzene rings is 1. The number of piperazine rings is 1. The van der Waals surface area contributed by atoms with Gasteiger partial charge in [0.15, 0.2) is 0 Å². The van der Waals surface area contributed by atoms with Crippen molar-refractivity contribution >= 4 is 39.3 Å². The minimum absolute atomic E-state index is 0.290. The molecule has 0 N–H and O–H groups in total. The molecule has 1 heterocycles. The van der Waals surface area contributed by atoms with Crippen molar-refractivity contribution in [2.45, 2.75) is 33.2 Å². The third-order valence-electron chi connectivity index (χ3n) is 4.84. The largest absolute Gasteiger partial charge is 0.450 e. The van der Waals surface area contributed by atoms with Crippen molar-refractivity contribution in [2.75, 3.05) is 43.3 Å². The third kappa shape index (κ3) is 5.54. The molecule has 1 atom stereocenters. The van der Waals surface area contributed by atoms with Crippen molar-refractivity contribution in [2.24, 2.45) is 0 Å². The quantitative estimate of drug-likeness (QED) is 0.671. The molecule has 1 fully saturated rings. The van der Waals surface area contributed by atoms with Gasteiger partial charge in [-0.1, -0.05) is 24.6 Å². The first-order chi connectivity index (χ1) is 13.6. The van der Waals surface area contributed by atoms with Gasteiger partial charge in [0.05, 0.1) is 18.6 Å². The minimum Gasteiger partial charge on any atom is -0.450 e. The molecular weight excluding hydrogens is 418 g/mol. The zero-order valence-electron chi connectivity index (χ0n) is 17.2. The molecule has 0 aliphatic carbocycles. The van der Waals surface area contributed by atoms with Crippen LogP contribution in [0.2, 0.25) is 5.02 Å². The standard InChI is InChI=1S/C19H28ClN3O5S/c1-5-17(18(24)21-9-11-22(12-10-21)19(25)28-6-2)23(29(4,26)27)15-8-7-14(3)16(20)13-15/h7-8,13,17H,5-6,9-12H2,1-4H3/t17-/m1/s1. The number of ether oxygens (including phenoxy) is 1. The Morgan fingerprint density at radius 2 is 1.76 bits per heavy atom. The maximum Gasteiger partial charge on any atom is 0.409 e. The Labute approximate surface area is 177 Å². The van der Waals surface area contributed by atoms with Crippen molar-refractivity contribution in [3.8, 4) is 0 Å². The van der Waals surface area contributed by atoms with E-state index in [0.29, 0.717) is 43.3 Å². The van der Waals surface area contributed by atoms with Gasteiger partial charge in [-0.15, -0.1) is 0 Å². The molecule has 10 heteroatoms. The molecule has 2 rings (SSSR count). The van der Waals surface area contributed by atoms with Gasteiger partial charge in [0.25, 0.3) is 0 Å². The van der Waals surface area contributed by atoms with E-state index in [1.165, 1.54) is 0 Å². The maximum atomic E-state index is 13.2. The Morgan fingerprint density at radius 1 is 1.17 bits per heavy atom. The van der Waals surface area contributed by atoms with E-state index in [1.807, 2.05) is 6.92 Å². The van der Waals surface area contributed by atoms with Crippen molar-refractivity contribution in [1.29, 1.82) is 0 Å². The fraction of sp³-hybridized carbons (Fsp3) is 0.579. The normalized spacial score (nSPS) is 15.8. The highest BCUT2D eigenvalue weighted by atomic mass is 35.5. The Bertz CT molecular complexity index is 853. The highest BCUT2D eigenvalue weighted by Crippen LogP contribution is 2.28. The van der Waals surface area contributed by atoms with E-state index < -0.39 is 22.2 Å². The van der Waals surface area contributed by atoms with Crippen LogP contribution in [0.5, 0.6) is 0 Å². The van der Waals surface area contributed by atoms with Crippen molar-refractivity contribution in [3.05, 3.63) is 28.8 Å². The number of amides is 2. The number of carbonyl (C=O) groups excluding carboxylic acids is 2. The van der Waals surface area contributed by atoms with Crippen LogP contribution in [0.3, 0.4) is 0 Å². The van der Waals surface area contributed by atoms with Crippen molar-refractivity contribution in [1.82, 2.24) is 9.80 Å². The molecule has 1 aliphatic heterocycles. The van der Waals surface area contributed by atoms with Crippen LogP contribution >= 0.6 is 11.6 Å². The van der Waals surface area contributed by atoms with Gasteiger partial charge in [0, 0.05) is 31.2 Å². The monoisotopic (exact) mass is 445 g/mol. The van der Waals surface area contributed by atoms with E-state index in [0.717, 1.165) is 16.1 Å². The summed E-state index contributed by atoms with van der Waals surface area (Å²) in [6, 6.07) is 4.05. The van der Waals surface area contributed by atoms with Gasteiger partial charge >= 0.3 is 6.09 Å². The molecule has 2 amide bonds. The van der Waals surface area contributed by atoms with Crippen LogP contribution in [-0.2, 0) is 19.6 Å². The zero-order chi connectivity index (χ0) is 21.8. The van der Waals surface area contributed by atoms with Gasteiger partial charge < -0.3 is 14.5 Å². The SMILES string of the molecule is CCOC(=O)N1CCN(C(=O)[C@@H](CC)N(c2ccc(C)c(Cl)c2)S(C)(=O)=O)CC1. The van der Waals surface area contributed by atoms with Crippen LogP contribution in [0.4, 0.5) is 10.5 Å². The smallest absolute Gasteiger partial charge is 0.409 e. The van der Waals surface area contributed by atoms with Crippen LogP contribution in [0, 0.1) is 6.92 Å². The predicted octanol–water partition coefficient (Wildman–Crippen LogP) is 2.49. The lowest BCUT2D eigenvalue weighted by molar-refractivity contribution is -0.134. The van der Waals surface area contributed by atoms with E-state index in [-0.39, 0.29) is 12.5 Å². The van der Waals surface area contributed by atoms with Gasteiger partial charge in [-0.05, 0) is 38.0 Å². The minimum atomic E-state index is -3.73. The molecule has 0 aromatic heterocycles. The van der Waals surface area contributed by atoms with Gasteiger partial charge in [-0.2, -0.15) is 0 Å². The molecule has 8 nitrogen and oxygen atoms in total. The number of aryl methyl sites for hydroxylation is 1. The van der Waals surface area contributed by atoms with E-state index in [9.17, 15) is 18.0 Å². The number of anilines is 1. The first kappa shape index (κ1) is 23.3. The predicted molar refractivity (Wildman–Crippen MR) is 113 cm³/mol. The fourth-order valence-electron chi connectivity index (χ4n) is 3.30. The summed E-state index contributed by atoms with van der Waals surface area (Å²) in [4.78, 5) is 28.2. The van der Waals surface area contributed by atoms with E-state index in [1.54, 1.807) is 41.8 Å². The summed E-state index contributed by atoms with van der Waals surface area (Å²) in [5.41, 5.74) is 1.17. The molecule has 0 saturated carbocycles. The van der Waals surface area contributed by atoms with Gasteiger partial charge in [0.1, 0.15) is 6.04 Å². The summed E-state index contributed by atoms with van der Waals surface area (Å²) in [5, 5.41) is 0.432. The van der Waals surface area contributed by atoms with Gasteiger partial charge in [-0.3, -0.25) is 9.10 Å². The Kier molecular flexibility index (Phi) is 7.76. The number of rotatable bonds is 6. The number of nitrogens with zero attached hydrogens (tertiary/aromatic N) is 3. The molecule has 0 unspecified atom stereocenters. The zero-order valence-corrected chi connectivity index (χ0v) is 18.8. The maximum absolute atomic E-state index is 13.2. The third-order valence-corrected chi connectivity index (χ3v) is 6.43. The van der Waals surface area contributed by atoms with Crippen LogP contribution in [0.15, 0.2) is 18.2 Å². The summed E-state index contributed by atoms with van der Waals surface area (Å²) in [6.07, 6.45) is 0.976. The molecule has 1 saturated heterocycles. The molecule has 0 spiro atoms. The second-order valence-corrected chi connectivity index (χ2v) is 9.19. The lowest BCUT2D eigenvalue weighted by atomic mass is 10.1. The average molecular weight is 446 g/mol. The summed E-state index contributed by atoms with van der Waals surface area (Å²) in [7, 11) is -3.73. The number of hydrogen-bond acceptors (Lipinski definition) is 5. The lowest BCUT2D eigenvalue weighted by Gasteiger charge is -2.38. The number of halogens is 1. The highest BCUT2D eigenvalue weighted by molar-refractivity contribution is 7.92. The topological polar surface area (TPSA) is 87.2 Å². The second-order valence-electron chi connectivity index (χ2n) is 6.93. The first-order valence-electron chi connectivity index (χ1n) is 9.56. The van der Waals surface area contributed by atoms with E-state index in [2.05, 4.69) is 0 Å². The molecule has 1 aromatic rings. The Balaban J connectivity index is 2.23. The Morgan fingerprint density at radius 3 is 2.24 bits per heavy atom. The molecule has 1 aliphatic rings. The van der Waals surface area contributed by atoms with Gasteiger partial charge in [0.2, 0.25) is 15.9 Å². The van der Waals surface area contributed by atoms with Crippen LogP contribution in [0.25, 0.3) is 0 Å². The number of sulfonamides is 1. The second kappa shape index (κ2) is 9.67. The van der Waals surface area contributed by atoms with Gasteiger partial charge in [-0.25, -0.2) is 13.2 Å². The average Bonchev–Trinajstić information content (AvgIpc) is 2.67. The molecule has 0 bridgehead atoms. The molecule has 0 radical (unpaired) electrons. The highest BCUT2D eigenvalue weighted by Gasteiger charge is 2.36. The van der Waals surface area contributed by atoms with Crippen molar-refractivity contribution < 1.29 is 22.7 Å². The summed E-state index contributed by atoms with van der Waals surface area (Å²) in [6.45, 7) is 6.94. The first-order valence-corrected chi connectivity index (χ1v) is 11.8. The molecule has 29 heavy (non-hydrogen) atoms. The molecule has 1 aromatic carbocycles. The van der Waals surface area contributed by atoms with E-state index in [4.69, 9.17) is 16.3 Å². The molecule has 162 valence electrons. The molecular formula is C19H28ClN3O5S. The van der Waals surface area contributed by atoms with E-state index >= 15 is 0 Å².